The summed E-state index contributed by atoms with van der Waals surface area (Å²) >= 11 is 0. The molecular weight excluding hydrogens is 240 g/mol. The summed E-state index contributed by atoms with van der Waals surface area (Å²) < 4.78 is 5.09. The van der Waals surface area contributed by atoms with Crippen molar-refractivity contribution in [1.82, 2.24) is 5.32 Å². The lowest BCUT2D eigenvalue weighted by molar-refractivity contribution is -0.116. The average molecular weight is 256 g/mol. The summed E-state index contributed by atoms with van der Waals surface area (Å²) in [5.74, 6) is 0.449. The Morgan fingerprint density at radius 3 is 2.74 bits per heavy atom. The van der Waals surface area contributed by atoms with Crippen LogP contribution in [0.2, 0.25) is 0 Å². The van der Waals surface area contributed by atoms with E-state index in [0.717, 1.165) is 5.56 Å². The molecule has 0 bridgehead atoms. The van der Waals surface area contributed by atoms with Gasteiger partial charge in [-0.15, -0.1) is 0 Å². The Morgan fingerprint density at radius 2 is 2.05 bits per heavy atom. The maximum atomic E-state index is 11.6. The predicted octanol–water partition coefficient (Wildman–Crippen LogP) is 2.11. The molecule has 0 saturated heterocycles. The lowest BCUT2D eigenvalue weighted by atomic mass is 10.1. The lowest BCUT2D eigenvalue weighted by Crippen LogP contribution is -2.30. The summed E-state index contributed by atoms with van der Waals surface area (Å²) in [5, 5.41) is 2.75. The van der Waals surface area contributed by atoms with Crippen molar-refractivity contribution in [3.8, 4) is 0 Å². The molecule has 2 rings (SSSR count). The molecule has 4 nitrogen and oxygen atoms in total. The van der Waals surface area contributed by atoms with Crippen LogP contribution in [-0.4, -0.2) is 12.5 Å². The van der Waals surface area contributed by atoms with Gasteiger partial charge in [-0.2, -0.15) is 0 Å². The van der Waals surface area contributed by atoms with Crippen LogP contribution in [-0.2, 0) is 4.79 Å². The first-order chi connectivity index (χ1) is 9.25. The first-order valence-electron chi connectivity index (χ1n) is 6.05. The SMILES string of the molecule is NC(CNC(=O)C=Cc1ccco1)c1ccccc1. The average Bonchev–Trinajstić information content (AvgIpc) is 2.96. The molecule has 0 aliphatic heterocycles. The second-order valence-electron chi connectivity index (χ2n) is 4.11. The Labute approximate surface area is 111 Å². The quantitative estimate of drug-likeness (QED) is 0.805. The van der Waals surface area contributed by atoms with E-state index in [9.17, 15) is 4.79 Å². The van der Waals surface area contributed by atoms with Gasteiger partial charge in [0.2, 0.25) is 5.91 Å². The number of benzene rings is 1. The summed E-state index contributed by atoms with van der Waals surface area (Å²) in [6, 6.07) is 13.0. The third kappa shape index (κ3) is 4.12. The van der Waals surface area contributed by atoms with Gasteiger partial charge in [-0.3, -0.25) is 4.79 Å². The van der Waals surface area contributed by atoms with Crippen LogP contribution in [0.15, 0.2) is 59.2 Å². The highest BCUT2D eigenvalue weighted by Gasteiger charge is 2.05. The van der Waals surface area contributed by atoms with Gasteiger partial charge in [-0.25, -0.2) is 0 Å². The number of carbonyl (C=O) groups excluding carboxylic acids is 1. The van der Waals surface area contributed by atoms with Gasteiger partial charge in [0.15, 0.2) is 0 Å². The van der Waals surface area contributed by atoms with Gasteiger partial charge in [-0.05, 0) is 23.8 Å². The van der Waals surface area contributed by atoms with E-state index in [1.54, 1.807) is 24.5 Å². The largest absolute Gasteiger partial charge is 0.465 e. The number of furan rings is 1. The van der Waals surface area contributed by atoms with Gasteiger partial charge in [-0.1, -0.05) is 30.3 Å². The van der Waals surface area contributed by atoms with Crippen LogP contribution in [0.25, 0.3) is 6.08 Å². The van der Waals surface area contributed by atoms with Crippen LogP contribution in [0, 0.1) is 0 Å². The molecule has 0 radical (unpaired) electrons. The van der Waals surface area contributed by atoms with Crippen LogP contribution < -0.4 is 11.1 Å². The summed E-state index contributed by atoms with van der Waals surface area (Å²) in [5.41, 5.74) is 6.97. The molecular formula is C15H16N2O2. The highest BCUT2D eigenvalue weighted by Crippen LogP contribution is 2.08. The Balaban J connectivity index is 1.81. The normalized spacial score (nSPS) is 12.5. The van der Waals surface area contributed by atoms with E-state index in [4.69, 9.17) is 10.2 Å². The Hall–Kier alpha value is -2.33. The molecule has 98 valence electrons. The highest BCUT2D eigenvalue weighted by atomic mass is 16.3. The monoisotopic (exact) mass is 256 g/mol. The molecule has 0 aliphatic rings. The minimum atomic E-state index is -0.206. The smallest absolute Gasteiger partial charge is 0.244 e. The second kappa shape index (κ2) is 6.56. The standard InChI is InChI=1S/C15H16N2O2/c16-14(12-5-2-1-3-6-12)11-17-15(18)9-8-13-7-4-10-19-13/h1-10,14H,11,16H2,(H,17,18). The van der Waals surface area contributed by atoms with Crippen molar-refractivity contribution in [3.05, 3.63) is 66.1 Å². The van der Waals surface area contributed by atoms with E-state index < -0.39 is 0 Å². The molecule has 1 amide bonds. The van der Waals surface area contributed by atoms with E-state index in [2.05, 4.69) is 5.32 Å². The highest BCUT2D eigenvalue weighted by molar-refractivity contribution is 5.91. The van der Waals surface area contributed by atoms with E-state index in [-0.39, 0.29) is 11.9 Å². The molecule has 4 heteroatoms. The van der Waals surface area contributed by atoms with Gasteiger partial charge in [0.1, 0.15) is 5.76 Å². The number of hydrogen-bond donors (Lipinski definition) is 2. The van der Waals surface area contributed by atoms with Gasteiger partial charge < -0.3 is 15.5 Å². The molecule has 2 aromatic rings. The second-order valence-corrected chi connectivity index (χ2v) is 4.11. The van der Waals surface area contributed by atoms with Crippen molar-refractivity contribution in [2.75, 3.05) is 6.54 Å². The Kier molecular flexibility index (Phi) is 4.53. The maximum Gasteiger partial charge on any atom is 0.244 e. The minimum absolute atomic E-state index is 0.192. The van der Waals surface area contributed by atoms with Gasteiger partial charge in [0.05, 0.1) is 6.26 Å². The number of nitrogens with two attached hydrogens (primary N) is 1. The number of hydrogen-bond acceptors (Lipinski definition) is 3. The molecule has 1 unspecified atom stereocenters. The van der Waals surface area contributed by atoms with Crippen molar-refractivity contribution in [1.29, 1.82) is 0 Å². The first kappa shape index (κ1) is 13.1. The van der Waals surface area contributed by atoms with Gasteiger partial charge in [0, 0.05) is 18.7 Å². The summed E-state index contributed by atoms with van der Waals surface area (Å²) in [4.78, 5) is 11.6. The first-order valence-corrected chi connectivity index (χ1v) is 6.05. The molecule has 0 saturated carbocycles. The lowest BCUT2D eigenvalue weighted by Gasteiger charge is -2.11. The molecule has 1 atom stereocenters. The van der Waals surface area contributed by atoms with Crippen LogP contribution in [0.4, 0.5) is 0 Å². The molecule has 19 heavy (non-hydrogen) atoms. The van der Waals surface area contributed by atoms with Crippen molar-refractivity contribution in [2.45, 2.75) is 6.04 Å². The van der Waals surface area contributed by atoms with E-state index >= 15 is 0 Å². The molecule has 0 spiro atoms. The van der Waals surface area contributed by atoms with E-state index in [0.29, 0.717) is 12.3 Å². The number of amides is 1. The molecule has 1 aromatic heterocycles. The topological polar surface area (TPSA) is 68.3 Å². The fourth-order valence-electron chi connectivity index (χ4n) is 1.63. The summed E-state index contributed by atoms with van der Waals surface area (Å²) in [6.07, 6.45) is 4.60. The van der Waals surface area contributed by atoms with Crippen LogP contribution in [0.5, 0.6) is 0 Å². The summed E-state index contributed by atoms with van der Waals surface area (Å²) in [7, 11) is 0. The molecule has 0 fully saturated rings. The van der Waals surface area contributed by atoms with Crippen LogP contribution in [0.1, 0.15) is 17.4 Å². The third-order valence-electron chi connectivity index (χ3n) is 2.67. The van der Waals surface area contributed by atoms with E-state index in [1.807, 2.05) is 30.3 Å². The fraction of sp³-hybridized carbons (Fsp3) is 0.133. The number of carbonyl (C=O) groups is 1. The number of rotatable bonds is 5. The number of nitrogens with one attached hydrogen (secondary N) is 1. The van der Waals surface area contributed by atoms with E-state index in [1.165, 1.54) is 6.08 Å². The summed E-state index contributed by atoms with van der Waals surface area (Å²) in [6.45, 7) is 0.394. The van der Waals surface area contributed by atoms with Gasteiger partial charge >= 0.3 is 0 Å². The van der Waals surface area contributed by atoms with Crippen molar-refractivity contribution >= 4 is 12.0 Å². The Bertz CT molecular complexity index is 533. The zero-order valence-corrected chi connectivity index (χ0v) is 10.5. The molecule has 1 aromatic carbocycles. The molecule has 1 heterocycles. The Morgan fingerprint density at radius 1 is 1.26 bits per heavy atom. The zero-order valence-electron chi connectivity index (χ0n) is 10.5. The van der Waals surface area contributed by atoms with Crippen LogP contribution in [0.3, 0.4) is 0 Å². The predicted molar refractivity (Wildman–Crippen MR) is 74.1 cm³/mol. The minimum Gasteiger partial charge on any atom is -0.465 e. The van der Waals surface area contributed by atoms with Crippen molar-refractivity contribution in [2.24, 2.45) is 5.73 Å². The van der Waals surface area contributed by atoms with Crippen molar-refractivity contribution < 1.29 is 9.21 Å². The van der Waals surface area contributed by atoms with Gasteiger partial charge in [0.25, 0.3) is 0 Å². The van der Waals surface area contributed by atoms with Crippen LogP contribution >= 0.6 is 0 Å². The molecule has 0 aliphatic carbocycles. The van der Waals surface area contributed by atoms with Crippen molar-refractivity contribution in [3.63, 3.8) is 0 Å². The third-order valence-corrected chi connectivity index (χ3v) is 2.67. The fourth-order valence-corrected chi connectivity index (χ4v) is 1.63. The maximum absolute atomic E-state index is 11.6. The zero-order chi connectivity index (χ0) is 13.5. The molecule has 3 N–H and O–H groups in total.